The maximum absolute atomic E-state index is 4.40. The van der Waals surface area contributed by atoms with Crippen LogP contribution in [0.5, 0.6) is 0 Å². The highest BCUT2D eigenvalue weighted by Gasteiger charge is 2.14. The number of rotatable bonds is 5. The minimum absolute atomic E-state index is 0.327. The zero-order chi connectivity index (χ0) is 12.1. The summed E-state index contributed by atoms with van der Waals surface area (Å²) in [5, 5.41) is 7.74. The van der Waals surface area contributed by atoms with E-state index in [0.29, 0.717) is 6.04 Å². The molecule has 0 radical (unpaired) electrons. The van der Waals surface area contributed by atoms with Crippen LogP contribution in [0, 0.1) is 0 Å². The first-order valence-corrected chi connectivity index (χ1v) is 7.01. The minimum Gasteiger partial charge on any atom is -0.311 e. The lowest BCUT2D eigenvalue weighted by atomic mass is 10.2. The predicted octanol–water partition coefficient (Wildman–Crippen LogP) is 2.50. The number of hydrogen-bond acceptors (Lipinski definition) is 3. The van der Waals surface area contributed by atoms with Crippen LogP contribution >= 0.6 is 11.8 Å². The third-order valence-corrected chi connectivity index (χ3v) is 3.38. The average Bonchev–Trinajstić information content (AvgIpc) is 2.86. The molecule has 0 aliphatic carbocycles. The molecule has 0 saturated carbocycles. The molecule has 0 aliphatic heterocycles. The number of nitrogens with one attached hydrogen (secondary N) is 1. The number of aromatic nitrogens is 2. The van der Waals surface area contributed by atoms with E-state index in [2.05, 4.69) is 34.9 Å². The molecule has 0 bridgehead atoms. The van der Waals surface area contributed by atoms with Gasteiger partial charge in [-0.05, 0) is 31.5 Å². The lowest BCUT2D eigenvalue weighted by Gasteiger charge is -2.16. The molecule has 0 aliphatic rings. The second-order valence-electron chi connectivity index (χ2n) is 3.80. The van der Waals surface area contributed by atoms with Crippen molar-refractivity contribution < 1.29 is 0 Å². The number of hydrogen-bond donors (Lipinski definition) is 1. The number of para-hydroxylation sites is 1. The third-order valence-electron chi connectivity index (χ3n) is 2.71. The Labute approximate surface area is 106 Å². The number of benzene rings is 1. The topological polar surface area (TPSA) is 29.9 Å². The third kappa shape index (κ3) is 2.70. The molecule has 1 aromatic heterocycles. The van der Waals surface area contributed by atoms with Crippen molar-refractivity contribution in [3.63, 3.8) is 0 Å². The summed E-state index contributed by atoms with van der Waals surface area (Å²) in [4.78, 5) is 0. The predicted molar refractivity (Wildman–Crippen MR) is 73.7 cm³/mol. The van der Waals surface area contributed by atoms with E-state index in [9.17, 15) is 0 Å². The Morgan fingerprint density at radius 3 is 2.71 bits per heavy atom. The van der Waals surface area contributed by atoms with Crippen LogP contribution in [0.3, 0.4) is 0 Å². The summed E-state index contributed by atoms with van der Waals surface area (Å²) in [5.74, 6) is 1.04. The van der Waals surface area contributed by atoms with Gasteiger partial charge in [-0.1, -0.05) is 18.2 Å². The van der Waals surface area contributed by atoms with E-state index in [1.165, 1.54) is 5.69 Å². The van der Waals surface area contributed by atoms with Crippen LogP contribution in [0.25, 0.3) is 5.69 Å². The fraction of sp³-hybridized carbons (Fsp3) is 0.308. The molecule has 0 fully saturated rings. The highest BCUT2D eigenvalue weighted by atomic mass is 32.2. The maximum atomic E-state index is 4.40. The van der Waals surface area contributed by atoms with Gasteiger partial charge in [0.1, 0.15) is 0 Å². The standard InChI is InChI=1S/C13H17N3S/c1-14-12(10-17-2)13-8-9-15-16(13)11-6-4-3-5-7-11/h3-9,12,14H,10H2,1-2H3. The molecule has 17 heavy (non-hydrogen) atoms. The maximum Gasteiger partial charge on any atom is 0.0649 e. The van der Waals surface area contributed by atoms with Gasteiger partial charge in [-0.3, -0.25) is 0 Å². The van der Waals surface area contributed by atoms with E-state index < -0.39 is 0 Å². The molecule has 1 heterocycles. The number of thioether (sulfide) groups is 1. The van der Waals surface area contributed by atoms with Crippen LogP contribution < -0.4 is 5.32 Å². The Hall–Kier alpha value is -1.26. The summed E-state index contributed by atoms with van der Waals surface area (Å²) in [6, 6.07) is 12.6. The van der Waals surface area contributed by atoms with Crippen molar-refractivity contribution in [1.82, 2.24) is 15.1 Å². The van der Waals surface area contributed by atoms with E-state index >= 15 is 0 Å². The molecule has 2 aromatic rings. The van der Waals surface area contributed by atoms with E-state index in [4.69, 9.17) is 0 Å². The minimum atomic E-state index is 0.327. The molecule has 1 unspecified atom stereocenters. The fourth-order valence-electron chi connectivity index (χ4n) is 1.85. The van der Waals surface area contributed by atoms with Gasteiger partial charge in [0.2, 0.25) is 0 Å². The Morgan fingerprint density at radius 2 is 2.06 bits per heavy atom. The molecule has 0 saturated heterocycles. The molecule has 3 nitrogen and oxygen atoms in total. The quantitative estimate of drug-likeness (QED) is 0.880. The smallest absolute Gasteiger partial charge is 0.0649 e. The van der Waals surface area contributed by atoms with Gasteiger partial charge in [0.05, 0.1) is 17.4 Å². The van der Waals surface area contributed by atoms with E-state index in [1.54, 1.807) is 0 Å². The molecule has 1 aromatic carbocycles. The van der Waals surface area contributed by atoms with Gasteiger partial charge in [0.25, 0.3) is 0 Å². The van der Waals surface area contributed by atoms with Crippen molar-refractivity contribution in [1.29, 1.82) is 0 Å². The Bertz CT molecular complexity index is 453. The highest BCUT2D eigenvalue weighted by molar-refractivity contribution is 7.98. The summed E-state index contributed by atoms with van der Waals surface area (Å²) in [6.45, 7) is 0. The Balaban J connectivity index is 2.34. The summed E-state index contributed by atoms with van der Waals surface area (Å²) < 4.78 is 2.00. The molecule has 1 N–H and O–H groups in total. The van der Waals surface area contributed by atoms with Crippen LogP contribution in [-0.2, 0) is 0 Å². The van der Waals surface area contributed by atoms with Crippen molar-refractivity contribution >= 4 is 11.8 Å². The first kappa shape index (κ1) is 12.2. The first-order valence-electron chi connectivity index (χ1n) is 5.62. The van der Waals surface area contributed by atoms with Crippen LogP contribution in [0.1, 0.15) is 11.7 Å². The molecular formula is C13H17N3S. The molecular weight excluding hydrogens is 230 g/mol. The van der Waals surface area contributed by atoms with E-state index in [-0.39, 0.29) is 0 Å². The van der Waals surface area contributed by atoms with Crippen molar-refractivity contribution in [3.05, 3.63) is 48.3 Å². The Kier molecular flexibility index (Phi) is 4.23. The first-order chi connectivity index (χ1) is 8.36. The van der Waals surface area contributed by atoms with Gasteiger partial charge in [-0.2, -0.15) is 16.9 Å². The summed E-state index contributed by atoms with van der Waals surface area (Å²) in [7, 11) is 1.99. The van der Waals surface area contributed by atoms with Crippen molar-refractivity contribution in [2.75, 3.05) is 19.1 Å². The van der Waals surface area contributed by atoms with Gasteiger partial charge in [-0.15, -0.1) is 0 Å². The van der Waals surface area contributed by atoms with Crippen LogP contribution in [0.2, 0.25) is 0 Å². The van der Waals surface area contributed by atoms with Crippen molar-refractivity contribution in [2.45, 2.75) is 6.04 Å². The second kappa shape index (κ2) is 5.89. The highest BCUT2D eigenvalue weighted by Crippen LogP contribution is 2.19. The molecule has 4 heteroatoms. The molecule has 0 amide bonds. The average molecular weight is 247 g/mol. The van der Waals surface area contributed by atoms with E-state index in [0.717, 1.165) is 11.4 Å². The fourth-order valence-corrected chi connectivity index (χ4v) is 2.52. The van der Waals surface area contributed by atoms with Crippen LogP contribution in [-0.4, -0.2) is 28.8 Å². The number of nitrogens with zero attached hydrogens (tertiary/aromatic N) is 2. The lowest BCUT2D eigenvalue weighted by molar-refractivity contribution is 0.613. The van der Waals surface area contributed by atoms with E-state index in [1.807, 2.05) is 47.9 Å². The summed E-state index contributed by atoms with van der Waals surface area (Å²) >= 11 is 1.83. The lowest BCUT2D eigenvalue weighted by Crippen LogP contribution is -2.21. The second-order valence-corrected chi connectivity index (χ2v) is 4.71. The van der Waals surface area contributed by atoms with Gasteiger partial charge >= 0.3 is 0 Å². The molecule has 2 rings (SSSR count). The van der Waals surface area contributed by atoms with Crippen LogP contribution in [0.4, 0.5) is 0 Å². The SMILES string of the molecule is CNC(CSC)c1ccnn1-c1ccccc1. The van der Waals surface area contributed by atoms with Gasteiger partial charge < -0.3 is 5.32 Å². The normalized spacial score (nSPS) is 12.6. The summed E-state index contributed by atoms with van der Waals surface area (Å²) in [6.07, 6.45) is 3.97. The van der Waals surface area contributed by atoms with Gasteiger partial charge in [0, 0.05) is 11.9 Å². The van der Waals surface area contributed by atoms with Gasteiger partial charge in [-0.25, -0.2) is 4.68 Å². The zero-order valence-electron chi connectivity index (χ0n) is 10.1. The zero-order valence-corrected chi connectivity index (χ0v) is 10.9. The van der Waals surface area contributed by atoms with Crippen LogP contribution in [0.15, 0.2) is 42.6 Å². The monoisotopic (exact) mass is 247 g/mol. The largest absolute Gasteiger partial charge is 0.311 e. The molecule has 1 atom stereocenters. The Morgan fingerprint density at radius 1 is 1.29 bits per heavy atom. The van der Waals surface area contributed by atoms with Crippen molar-refractivity contribution in [3.8, 4) is 5.69 Å². The molecule has 90 valence electrons. The van der Waals surface area contributed by atoms with Gasteiger partial charge in [0.15, 0.2) is 0 Å². The van der Waals surface area contributed by atoms with Crippen molar-refractivity contribution in [2.24, 2.45) is 0 Å². The summed E-state index contributed by atoms with van der Waals surface area (Å²) in [5.41, 5.74) is 2.31. The molecule has 0 spiro atoms.